The van der Waals surface area contributed by atoms with E-state index in [1.807, 2.05) is 0 Å². The van der Waals surface area contributed by atoms with Crippen LogP contribution in [-0.2, 0) is 25.8 Å². The molecule has 0 N–H and O–H groups in total. The topological polar surface area (TPSA) is 0 Å². The molecule has 2 heteroatoms. The summed E-state index contributed by atoms with van der Waals surface area (Å²) in [5, 5.41) is 0.548. The Morgan fingerprint density at radius 3 is 1.89 bits per heavy atom. The molecule has 0 nitrogen and oxygen atoms in total. The second-order valence-electron chi connectivity index (χ2n) is 3.04. The first kappa shape index (κ1) is 12.9. The molecule has 0 aliphatic carbocycles. The fourth-order valence-corrected chi connectivity index (χ4v) is 1.22. The average Bonchev–Trinajstić information content (AvgIpc) is 1.59. The summed E-state index contributed by atoms with van der Waals surface area (Å²) >= 11 is 0. The van der Waals surface area contributed by atoms with Crippen molar-refractivity contribution in [1.82, 2.24) is 0 Å². The molecule has 0 aromatic carbocycles. The molecular weight excluding hydrogens is 294 g/mol. The van der Waals surface area contributed by atoms with Crippen LogP contribution in [0.2, 0.25) is 0 Å². The molecule has 0 aromatic rings. The van der Waals surface area contributed by atoms with Gasteiger partial charge in [-0.05, 0) is 5.16 Å². The molecule has 1 unspecified atom stereocenters. The predicted octanol–water partition coefficient (Wildman–Crippen LogP) is 2.69. The molecule has 0 bridgehead atoms. The van der Waals surface area contributed by atoms with Crippen molar-refractivity contribution in [2.24, 2.45) is 0 Å². The van der Waals surface area contributed by atoms with Gasteiger partial charge in [0, 0.05) is 25.8 Å². The SMILES string of the molecule is C[CH-]CPC(C)(C)C.[Hf]. The average molecular weight is 310 g/mol. The zero-order valence-corrected chi connectivity index (χ0v) is 11.4. The minimum Gasteiger partial charge on any atom is -0.328 e. The van der Waals surface area contributed by atoms with E-state index in [4.69, 9.17) is 0 Å². The Labute approximate surface area is 79.8 Å². The minimum atomic E-state index is 0. The Balaban J connectivity index is 0. The first-order valence-electron chi connectivity index (χ1n) is 3.09. The van der Waals surface area contributed by atoms with E-state index in [1.165, 1.54) is 6.16 Å². The van der Waals surface area contributed by atoms with Gasteiger partial charge in [-0.3, -0.25) is 0 Å². The van der Waals surface area contributed by atoms with Gasteiger partial charge in [0.25, 0.3) is 0 Å². The minimum absolute atomic E-state index is 0. The first-order chi connectivity index (χ1) is 3.56. The van der Waals surface area contributed by atoms with Crippen molar-refractivity contribution in [2.45, 2.75) is 32.9 Å². The molecule has 1 atom stereocenters. The Hall–Kier alpha value is 1.30. The van der Waals surface area contributed by atoms with E-state index >= 15 is 0 Å². The van der Waals surface area contributed by atoms with Crippen LogP contribution in [0.4, 0.5) is 0 Å². The van der Waals surface area contributed by atoms with Crippen molar-refractivity contribution >= 4 is 8.58 Å². The van der Waals surface area contributed by atoms with Gasteiger partial charge < -0.3 is 6.42 Å². The summed E-state index contributed by atoms with van der Waals surface area (Å²) in [6.07, 6.45) is 3.52. The molecule has 9 heavy (non-hydrogen) atoms. The molecule has 0 radical (unpaired) electrons. The van der Waals surface area contributed by atoms with E-state index in [-0.39, 0.29) is 25.8 Å². The van der Waals surface area contributed by atoms with Crippen molar-refractivity contribution in [3.8, 4) is 0 Å². The van der Waals surface area contributed by atoms with Crippen LogP contribution < -0.4 is 0 Å². The van der Waals surface area contributed by atoms with Crippen LogP contribution in [0.25, 0.3) is 0 Å². The third-order valence-electron chi connectivity index (χ3n) is 0.837. The van der Waals surface area contributed by atoms with Crippen molar-refractivity contribution in [3.05, 3.63) is 6.42 Å². The molecule has 0 saturated carbocycles. The van der Waals surface area contributed by atoms with Gasteiger partial charge in [-0.25, -0.2) is 0 Å². The molecule has 54 valence electrons. The molecular formula is C7H16HfP-. The zero-order chi connectivity index (χ0) is 6.62. The molecule has 0 aliphatic heterocycles. The molecule has 0 aliphatic rings. The van der Waals surface area contributed by atoms with E-state index in [0.29, 0.717) is 5.16 Å². The van der Waals surface area contributed by atoms with E-state index in [0.717, 1.165) is 8.58 Å². The quantitative estimate of drug-likeness (QED) is 0.418. The van der Waals surface area contributed by atoms with E-state index in [2.05, 4.69) is 34.1 Å². The molecule has 0 rings (SSSR count). The molecule has 0 amide bonds. The van der Waals surface area contributed by atoms with Gasteiger partial charge in [-0.15, -0.1) is 8.58 Å². The van der Waals surface area contributed by atoms with Crippen LogP contribution in [0.5, 0.6) is 0 Å². The van der Waals surface area contributed by atoms with Gasteiger partial charge in [0.2, 0.25) is 0 Å². The van der Waals surface area contributed by atoms with Gasteiger partial charge in [0.05, 0.1) is 0 Å². The van der Waals surface area contributed by atoms with Crippen molar-refractivity contribution in [1.29, 1.82) is 0 Å². The van der Waals surface area contributed by atoms with Crippen molar-refractivity contribution in [3.63, 3.8) is 0 Å². The summed E-state index contributed by atoms with van der Waals surface area (Å²) < 4.78 is 0. The zero-order valence-electron chi connectivity index (χ0n) is 6.78. The molecule has 0 aromatic heterocycles. The number of hydrogen-bond donors (Lipinski definition) is 0. The molecule has 0 heterocycles. The van der Waals surface area contributed by atoms with Gasteiger partial charge in [-0.2, -0.15) is 13.1 Å². The van der Waals surface area contributed by atoms with E-state index < -0.39 is 0 Å². The summed E-state index contributed by atoms with van der Waals surface area (Å²) in [5.41, 5.74) is 0. The first-order valence-corrected chi connectivity index (χ1v) is 4.30. The van der Waals surface area contributed by atoms with Crippen molar-refractivity contribution in [2.75, 3.05) is 6.16 Å². The van der Waals surface area contributed by atoms with E-state index in [9.17, 15) is 0 Å². The van der Waals surface area contributed by atoms with Gasteiger partial charge >= 0.3 is 0 Å². The third kappa shape index (κ3) is 12.5. The van der Waals surface area contributed by atoms with Crippen LogP contribution in [0.1, 0.15) is 27.7 Å². The molecule has 0 spiro atoms. The number of hydrogen-bond acceptors (Lipinski definition) is 0. The van der Waals surface area contributed by atoms with Crippen LogP contribution in [0, 0.1) is 6.42 Å². The number of rotatable bonds is 2. The monoisotopic (exact) mass is 311 g/mol. The fraction of sp³-hybridized carbons (Fsp3) is 0.857. The van der Waals surface area contributed by atoms with Gasteiger partial charge in [0.15, 0.2) is 0 Å². The molecule has 0 saturated heterocycles. The van der Waals surface area contributed by atoms with Crippen LogP contribution in [0.15, 0.2) is 0 Å². The smallest absolute Gasteiger partial charge is 0 e. The van der Waals surface area contributed by atoms with Gasteiger partial charge in [-0.1, -0.05) is 20.8 Å². The standard InChI is InChI=1S/C7H16P.Hf/c1-5-6-8-7(2,3)4;/h5,8H,6H2,1-4H3;/q-1;. The second-order valence-corrected chi connectivity index (χ2v) is 5.30. The second kappa shape index (κ2) is 6.04. The summed E-state index contributed by atoms with van der Waals surface area (Å²) in [6.45, 7) is 8.98. The fourth-order valence-electron chi connectivity index (χ4n) is 0.408. The molecule has 0 fully saturated rings. The maximum atomic E-state index is 2.29. The predicted molar refractivity (Wildman–Crippen MR) is 42.9 cm³/mol. The van der Waals surface area contributed by atoms with Gasteiger partial charge in [0.1, 0.15) is 0 Å². The Morgan fingerprint density at radius 2 is 1.78 bits per heavy atom. The van der Waals surface area contributed by atoms with Crippen LogP contribution in [-0.4, -0.2) is 11.3 Å². The maximum Gasteiger partial charge on any atom is 0 e. The van der Waals surface area contributed by atoms with Crippen LogP contribution in [0.3, 0.4) is 0 Å². The summed E-state index contributed by atoms with van der Waals surface area (Å²) in [5.74, 6) is 0. The Kier molecular flexibility index (Phi) is 8.68. The summed E-state index contributed by atoms with van der Waals surface area (Å²) in [7, 11) is 1.09. The summed E-state index contributed by atoms with van der Waals surface area (Å²) in [4.78, 5) is 0. The van der Waals surface area contributed by atoms with Crippen molar-refractivity contribution < 1.29 is 25.8 Å². The third-order valence-corrected chi connectivity index (χ3v) is 2.51. The maximum absolute atomic E-state index is 2.29. The Morgan fingerprint density at radius 1 is 1.33 bits per heavy atom. The van der Waals surface area contributed by atoms with E-state index in [1.54, 1.807) is 0 Å². The summed E-state index contributed by atoms with van der Waals surface area (Å²) in [6, 6.07) is 0. The Bertz CT molecular complexity index is 56.4. The largest absolute Gasteiger partial charge is 0.328 e. The normalized spacial score (nSPS) is 12.0. The van der Waals surface area contributed by atoms with Crippen LogP contribution >= 0.6 is 8.58 Å².